The predicted octanol–water partition coefficient (Wildman–Crippen LogP) is 2.28. The van der Waals surface area contributed by atoms with Crippen molar-refractivity contribution in [2.75, 3.05) is 6.54 Å². The number of amides is 1. The molecule has 0 atom stereocenters. The van der Waals surface area contributed by atoms with E-state index in [4.69, 9.17) is 5.26 Å². The normalized spacial score (nSPS) is 10.1. The van der Waals surface area contributed by atoms with Crippen molar-refractivity contribution in [3.8, 4) is 6.07 Å². The van der Waals surface area contributed by atoms with Gasteiger partial charge in [0.25, 0.3) is 11.6 Å². The Labute approximate surface area is 111 Å². The smallest absolute Gasteiger partial charge is 0.270 e. The molecule has 1 aromatic rings. The molecular weight excluding hydrogens is 246 g/mol. The summed E-state index contributed by atoms with van der Waals surface area (Å²) in [6.07, 6.45) is 0. The van der Waals surface area contributed by atoms with Crippen molar-refractivity contribution in [1.29, 1.82) is 5.26 Å². The third-order valence-corrected chi connectivity index (χ3v) is 2.65. The zero-order valence-electron chi connectivity index (χ0n) is 11.1. The maximum atomic E-state index is 12.3. The zero-order chi connectivity index (χ0) is 14.6. The van der Waals surface area contributed by atoms with E-state index in [2.05, 4.69) is 0 Å². The Hall–Kier alpha value is -2.42. The van der Waals surface area contributed by atoms with Crippen LogP contribution in [0.1, 0.15) is 29.8 Å². The minimum Gasteiger partial charge on any atom is -0.323 e. The molecule has 0 fully saturated rings. The van der Waals surface area contributed by atoms with Gasteiger partial charge in [0.1, 0.15) is 6.54 Å². The monoisotopic (exact) mass is 261 g/mol. The summed E-state index contributed by atoms with van der Waals surface area (Å²) in [5.41, 5.74) is 0.748. The Morgan fingerprint density at radius 2 is 2.11 bits per heavy atom. The van der Waals surface area contributed by atoms with Gasteiger partial charge in [-0.15, -0.1) is 0 Å². The minimum absolute atomic E-state index is 0.0434. The van der Waals surface area contributed by atoms with Gasteiger partial charge in [-0.1, -0.05) is 0 Å². The van der Waals surface area contributed by atoms with Gasteiger partial charge in [0.2, 0.25) is 0 Å². The van der Waals surface area contributed by atoms with Crippen LogP contribution in [0.5, 0.6) is 0 Å². The first-order valence-corrected chi connectivity index (χ1v) is 5.80. The average molecular weight is 261 g/mol. The molecule has 0 radical (unpaired) electrons. The SMILES string of the molecule is Cc1cc(C(=O)N(CC#N)C(C)C)cc([N+](=O)[O-])c1. The van der Waals surface area contributed by atoms with E-state index in [-0.39, 0.29) is 29.7 Å². The highest BCUT2D eigenvalue weighted by molar-refractivity contribution is 5.95. The van der Waals surface area contributed by atoms with Crippen molar-refractivity contribution in [2.24, 2.45) is 0 Å². The molecule has 0 spiro atoms. The molecule has 0 bridgehead atoms. The fourth-order valence-electron chi connectivity index (χ4n) is 1.72. The summed E-state index contributed by atoms with van der Waals surface area (Å²) >= 11 is 0. The van der Waals surface area contributed by atoms with E-state index in [9.17, 15) is 14.9 Å². The summed E-state index contributed by atoms with van der Waals surface area (Å²) in [6.45, 7) is 5.23. The number of benzene rings is 1. The fourth-order valence-corrected chi connectivity index (χ4v) is 1.72. The lowest BCUT2D eigenvalue weighted by Gasteiger charge is -2.23. The zero-order valence-corrected chi connectivity index (χ0v) is 11.1. The lowest BCUT2D eigenvalue weighted by molar-refractivity contribution is -0.384. The topological polar surface area (TPSA) is 87.2 Å². The van der Waals surface area contributed by atoms with Crippen LogP contribution < -0.4 is 0 Å². The van der Waals surface area contributed by atoms with E-state index in [1.54, 1.807) is 26.8 Å². The Kier molecular flexibility index (Phi) is 4.59. The van der Waals surface area contributed by atoms with Crippen molar-refractivity contribution in [3.63, 3.8) is 0 Å². The third kappa shape index (κ3) is 3.52. The van der Waals surface area contributed by atoms with Gasteiger partial charge in [-0.05, 0) is 32.4 Å². The van der Waals surface area contributed by atoms with Gasteiger partial charge in [0.05, 0.1) is 11.0 Å². The molecule has 0 N–H and O–H groups in total. The molecule has 6 nitrogen and oxygen atoms in total. The number of nitro groups is 1. The van der Waals surface area contributed by atoms with Gasteiger partial charge in [-0.2, -0.15) is 5.26 Å². The van der Waals surface area contributed by atoms with Crippen molar-refractivity contribution >= 4 is 11.6 Å². The number of non-ortho nitro benzene ring substituents is 1. The first kappa shape index (κ1) is 14.6. The van der Waals surface area contributed by atoms with E-state index in [0.29, 0.717) is 5.56 Å². The van der Waals surface area contributed by atoms with Crippen LogP contribution in [-0.4, -0.2) is 28.3 Å². The van der Waals surface area contributed by atoms with E-state index < -0.39 is 4.92 Å². The summed E-state index contributed by atoms with van der Waals surface area (Å²) in [4.78, 5) is 23.9. The standard InChI is InChI=1S/C13H15N3O3/c1-9(2)15(5-4-14)13(17)11-6-10(3)7-12(8-11)16(18)19/h6-9H,5H2,1-3H3. The molecule has 0 aliphatic heterocycles. The summed E-state index contributed by atoms with van der Waals surface area (Å²) in [7, 11) is 0. The van der Waals surface area contributed by atoms with Crippen LogP contribution in [0.15, 0.2) is 18.2 Å². The van der Waals surface area contributed by atoms with Gasteiger partial charge >= 0.3 is 0 Å². The summed E-state index contributed by atoms with van der Waals surface area (Å²) in [5.74, 6) is -0.372. The molecule has 1 aromatic carbocycles. The number of nitriles is 1. The molecule has 0 aliphatic rings. The maximum absolute atomic E-state index is 12.3. The minimum atomic E-state index is -0.534. The number of carbonyl (C=O) groups is 1. The Morgan fingerprint density at radius 3 is 2.58 bits per heavy atom. The van der Waals surface area contributed by atoms with E-state index in [0.717, 1.165) is 0 Å². The first-order chi connectivity index (χ1) is 8.86. The highest BCUT2D eigenvalue weighted by Crippen LogP contribution is 2.18. The molecular formula is C13H15N3O3. The molecule has 0 heterocycles. The Balaban J connectivity index is 3.18. The molecule has 1 rings (SSSR count). The summed E-state index contributed by atoms with van der Waals surface area (Å²) in [6, 6.07) is 6.00. The highest BCUT2D eigenvalue weighted by Gasteiger charge is 2.21. The van der Waals surface area contributed by atoms with Gasteiger partial charge < -0.3 is 4.90 Å². The lowest BCUT2D eigenvalue weighted by atomic mass is 10.1. The van der Waals surface area contributed by atoms with Crippen molar-refractivity contribution in [3.05, 3.63) is 39.4 Å². The van der Waals surface area contributed by atoms with Crippen LogP contribution in [0.2, 0.25) is 0 Å². The van der Waals surface area contributed by atoms with Gasteiger partial charge in [0.15, 0.2) is 0 Å². The number of nitro benzene ring substituents is 1. The van der Waals surface area contributed by atoms with Crippen molar-refractivity contribution in [1.82, 2.24) is 4.90 Å². The van der Waals surface area contributed by atoms with Gasteiger partial charge in [0, 0.05) is 23.7 Å². The quantitative estimate of drug-likeness (QED) is 0.472. The van der Waals surface area contributed by atoms with Crippen molar-refractivity contribution in [2.45, 2.75) is 26.8 Å². The molecule has 0 unspecified atom stereocenters. The first-order valence-electron chi connectivity index (χ1n) is 5.80. The number of rotatable bonds is 4. The third-order valence-electron chi connectivity index (χ3n) is 2.65. The molecule has 1 amide bonds. The van der Waals surface area contributed by atoms with Crippen LogP contribution in [-0.2, 0) is 0 Å². The maximum Gasteiger partial charge on any atom is 0.270 e. The largest absolute Gasteiger partial charge is 0.323 e. The number of hydrogen-bond donors (Lipinski definition) is 0. The number of carbonyl (C=O) groups excluding carboxylic acids is 1. The second-order valence-corrected chi connectivity index (χ2v) is 4.50. The van der Waals surface area contributed by atoms with Gasteiger partial charge in [-0.3, -0.25) is 14.9 Å². The second kappa shape index (κ2) is 5.96. The van der Waals surface area contributed by atoms with Crippen LogP contribution in [0.3, 0.4) is 0 Å². The summed E-state index contributed by atoms with van der Waals surface area (Å²) in [5, 5.41) is 19.5. The Morgan fingerprint density at radius 1 is 1.47 bits per heavy atom. The van der Waals surface area contributed by atoms with E-state index in [1.807, 2.05) is 6.07 Å². The Bertz CT molecular complexity index is 547. The highest BCUT2D eigenvalue weighted by atomic mass is 16.6. The average Bonchev–Trinajstić information content (AvgIpc) is 2.33. The fraction of sp³-hybridized carbons (Fsp3) is 0.385. The van der Waals surface area contributed by atoms with Gasteiger partial charge in [-0.25, -0.2) is 0 Å². The molecule has 0 saturated heterocycles. The van der Waals surface area contributed by atoms with Crippen LogP contribution in [0.25, 0.3) is 0 Å². The molecule has 19 heavy (non-hydrogen) atoms. The van der Waals surface area contributed by atoms with Crippen molar-refractivity contribution < 1.29 is 9.72 Å². The number of hydrogen-bond acceptors (Lipinski definition) is 4. The lowest BCUT2D eigenvalue weighted by Crippen LogP contribution is -2.37. The second-order valence-electron chi connectivity index (χ2n) is 4.50. The van der Waals surface area contributed by atoms with Crippen LogP contribution >= 0.6 is 0 Å². The number of nitrogens with zero attached hydrogens (tertiary/aromatic N) is 3. The molecule has 0 aliphatic carbocycles. The molecule has 6 heteroatoms. The molecule has 0 aromatic heterocycles. The summed E-state index contributed by atoms with van der Waals surface area (Å²) < 4.78 is 0. The molecule has 0 saturated carbocycles. The van der Waals surface area contributed by atoms with E-state index in [1.165, 1.54) is 17.0 Å². The number of aryl methyl sites for hydroxylation is 1. The molecule has 100 valence electrons. The van der Waals surface area contributed by atoms with Crippen LogP contribution in [0.4, 0.5) is 5.69 Å². The predicted molar refractivity (Wildman–Crippen MR) is 69.6 cm³/mol. The van der Waals surface area contributed by atoms with E-state index >= 15 is 0 Å². The van der Waals surface area contributed by atoms with Crippen LogP contribution in [0, 0.1) is 28.4 Å².